The molecule has 0 fully saturated rings. The molecule has 26 heavy (non-hydrogen) atoms. The van der Waals surface area contributed by atoms with Gasteiger partial charge in [-0.1, -0.05) is 18.2 Å². The van der Waals surface area contributed by atoms with E-state index in [0.29, 0.717) is 11.5 Å². The first-order valence-corrected chi connectivity index (χ1v) is 8.54. The highest BCUT2D eigenvalue weighted by Crippen LogP contribution is 2.40. The van der Waals surface area contributed by atoms with Crippen LogP contribution in [0.4, 0.5) is 11.5 Å². The fourth-order valence-electron chi connectivity index (χ4n) is 3.77. The average molecular weight is 346 g/mol. The Hall–Kier alpha value is -3.28. The molecule has 0 radical (unpaired) electrons. The van der Waals surface area contributed by atoms with Gasteiger partial charge in [-0.25, -0.2) is 9.97 Å². The second-order valence-corrected chi connectivity index (χ2v) is 6.33. The normalized spacial score (nSPS) is 13.4. The zero-order valence-corrected chi connectivity index (χ0v) is 14.6. The predicted molar refractivity (Wildman–Crippen MR) is 102 cm³/mol. The Balaban J connectivity index is 1.75. The number of aromatic amines is 1. The number of aromatic nitrogens is 3. The maximum atomic E-state index is 5.45. The molecule has 3 heterocycles. The number of anilines is 2. The Labute approximate surface area is 150 Å². The molecule has 0 saturated carbocycles. The fraction of sp³-hybridized carbons (Fsp3) is 0.200. The summed E-state index contributed by atoms with van der Waals surface area (Å²) in [5.41, 5.74) is 5.32. The number of H-pyrrole nitrogens is 1. The number of nitrogens with zero attached hydrogens (tertiary/aromatic N) is 3. The van der Waals surface area contributed by atoms with Gasteiger partial charge in [0.05, 0.1) is 19.7 Å². The second kappa shape index (κ2) is 5.62. The molecule has 1 aliphatic rings. The monoisotopic (exact) mass is 346 g/mol. The van der Waals surface area contributed by atoms with Gasteiger partial charge in [-0.2, -0.15) is 0 Å². The molecule has 4 aromatic rings. The molecular formula is C20H18N4O2. The van der Waals surface area contributed by atoms with Crippen molar-refractivity contribution in [2.45, 2.75) is 6.42 Å². The highest BCUT2D eigenvalue weighted by atomic mass is 16.5. The summed E-state index contributed by atoms with van der Waals surface area (Å²) in [6.45, 7) is 0.910. The van der Waals surface area contributed by atoms with Crippen molar-refractivity contribution in [3.05, 3.63) is 48.3 Å². The molecule has 130 valence electrons. The molecule has 1 N–H and O–H groups in total. The highest BCUT2D eigenvalue weighted by Gasteiger charge is 2.24. The maximum Gasteiger partial charge on any atom is 0.162 e. The Morgan fingerprint density at radius 2 is 1.85 bits per heavy atom. The van der Waals surface area contributed by atoms with Gasteiger partial charge < -0.3 is 19.4 Å². The molecule has 0 atom stereocenters. The minimum atomic E-state index is 0.688. The topological polar surface area (TPSA) is 63.3 Å². The molecule has 6 nitrogen and oxygen atoms in total. The van der Waals surface area contributed by atoms with Crippen molar-refractivity contribution in [1.29, 1.82) is 0 Å². The van der Waals surface area contributed by atoms with Crippen LogP contribution in [0, 0.1) is 0 Å². The van der Waals surface area contributed by atoms with Gasteiger partial charge in [-0.15, -0.1) is 0 Å². The summed E-state index contributed by atoms with van der Waals surface area (Å²) < 4.78 is 10.9. The third kappa shape index (κ3) is 2.05. The molecule has 1 aliphatic heterocycles. The van der Waals surface area contributed by atoms with Crippen molar-refractivity contribution in [3.8, 4) is 11.5 Å². The highest BCUT2D eigenvalue weighted by molar-refractivity contribution is 6.09. The van der Waals surface area contributed by atoms with Crippen molar-refractivity contribution in [2.75, 3.05) is 25.7 Å². The van der Waals surface area contributed by atoms with Crippen molar-refractivity contribution in [3.63, 3.8) is 0 Å². The molecule has 2 aromatic carbocycles. The first kappa shape index (κ1) is 15.0. The van der Waals surface area contributed by atoms with Gasteiger partial charge in [0.25, 0.3) is 0 Å². The minimum Gasteiger partial charge on any atom is -0.493 e. The maximum absolute atomic E-state index is 5.45. The number of methoxy groups -OCH3 is 2. The molecule has 2 aromatic heterocycles. The lowest BCUT2D eigenvalue weighted by Crippen LogP contribution is -2.15. The van der Waals surface area contributed by atoms with Crippen molar-refractivity contribution < 1.29 is 9.47 Å². The van der Waals surface area contributed by atoms with Crippen LogP contribution >= 0.6 is 0 Å². The summed E-state index contributed by atoms with van der Waals surface area (Å²) in [6.07, 6.45) is 2.64. The molecule has 6 heteroatoms. The number of nitrogens with one attached hydrogen (secondary N) is 1. The van der Waals surface area contributed by atoms with E-state index >= 15 is 0 Å². The number of ether oxygens (including phenoxy) is 2. The second-order valence-electron chi connectivity index (χ2n) is 6.33. The Bertz CT molecular complexity index is 1140. The number of para-hydroxylation sites is 1. The zero-order chi connectivity index (χ0) is 17.7. The third-order valence-electron chi connectivity index (χ3n) is 5.01. The van der Waals surface area contributed by atoms with Crippen LogP contribution in [0.5, 0.6) is 11.5 Å². The van der Waals surface area contributed by atoms with Gasteiger partial charge in [-0.3, -0.25) is 0 Å². The largest absolute Gasteiger partial charge is 0.493 e. The first-order valence-electron chi connectivity index (χ1n) is 8.54. The molecule has 0 spiro atoms. The van der Waals surface area contributed by atoms with E-state index in [1.54, 1.807) is 20.5 Å². The van der Waals surface area contributed by atoms with E-state index in [9.17, 15) is 0 Å². The number of rotatable bonds is 3. The van der Waals surface area contributed by atoms with E-state index in [4.69, 9.17) is 9.47 Å². The van der Waals surface area contributed by atoms with Crippen LogP contribution in [0.25, 0.3) is 21.9 Å². The van der Waals surface area contributed by atoms with Gasteiger partial charge >= 0.3 is 0 Å². The van der Waals surface area contributed by atoms with Crippen molar-refractivity contribution in [1.82, 2.24) is 15.0 Å². The number of hydrogen-bond acceptors (Lipinski definition) is 5. The lowest BCUT2D eigenvalue weighted by Gasteiger charge is -2.18. The molecule has 5 rings (SSSR count). The van der Waals surface area contributed by atoms with Crippen LogP contribution < -0.4 is 14.4 Å². The summed E-state index contributed by atoms with van der Waals surface area (Å²) in [5, 5.41) is 0.994. The van der Waals surface area contributed by atoms with Crippen LogP contribution in [0.1, 0.15) is 5.56 Å². The van der Waals surface area contributed by atoms with Crippen LogP contribution in [-0.2, 0) is 6.42 Å². The van der Waals surface area contributed by atoms with Crippen molar-refractivity contribution >= 4 is 33.4 Å². The zero-order valence-electron chi connectivity index (χ0n) is 14.6. The molecule has 0 saturated heterocycles. The first-order chi connectivity index (χ1) is 12.8. The minimum absolute atomic E-state index is 0.688. The third-order valence-corrected chi connectivity index (χ3v) is 5.01. The average Bonchev–Trinajstić information content (AvgIpc) is 3.27. The molecule has 0 unspecified atom stereocenters. The molecule has 0 bridgehead atoms. The quantitative estimate of drug-likeness (QED) is 0.611. The number of benzene rings is 2. The van der Waals surface area contributed by atoms with Gasteiger partial charge in [0.2, 0.25) is 0 Å². The van der Waals surface area contributed by atoms with E-state index in [-0.39, 0.29) is 0 Å². The van der Waals surface area contributed by atoms with Gasteiger partial charge in [0.1, 0.15) is 17.4 Å². The number of hydrogen-bond donors (Lipinski definition) is 1. The van der Waals surface area contributed by atoms with E-state index in [1.807, 2.05) is 12.1 Å². The van der Waals surface area contributed by atoms with E-state index < -0.39 is 0 Å². The summed E-state index contributed by atoms with van der Waals surface area (Å²) >= 11 is 0. The smallest absolute Gasteiger partial charge is 0.162 e. The SMILES string of the molecule is COc1cc2[nH]c3c(N4CCc5ccccc54)ncnc3c2cc1OC. The van der Waals surface area contributed by atoms with E-state index in [1.165, 1.54) is 11.3 Å². The fourth-order valence-corrected chi connectivity index (χ4v) is 3.77. The summed E-state index contributed by atoms with van der Waals surface area (Å²) in [6, 6.07) is 12.4. The molecule has 0 aliphatic carbocycles. The lowest BCUT2D eigenvalue weighted by atomic mass is 10.2. The van der Waals surface area contributed by atoms with Gasteiger partial charge in [-0.05, 0) is 24.1 Å². The van der Waals surface area contributed by atoms with Crippen LogP contribution in [0.3, 0.4) is 0 Å². The van der Waals surface area contributed by atoms with Crippen molar-refractivity contribution in [2.24, 2.45) is 0 Å². The van der Waals surface area contributed by atoms with Gasteiger partial charge in [0, 0.05) is 23.7 Å². The Morgan fingerprint density at radius 1 is 1.04 bits per heavy atom. The Morgan fingerprint density at radius 3 is 2.69 bits per heavy atom. The summed E-state index contributed by atoms with van der Waals surface area (Å²) in [5.74, 6) is 2.27. The Kier molecular flexibility index (Phi) is 3.25. The standard InChI is InChI=1S/C20H18N4O2/c1-25-16-9-13-14(10-17(16)26-2)23-19-18(13)21-11-22-20(19)24-8-7-12-5-3-4-6-15(12)24/h3-6,9-11,23H,7-8H2,1-2H3. The predicted octanol–water partition coefficient (Wildman–Crippen LogP) is 3.82. The van der Waals surface area contributed by atoms with E-state index in [0.717, 1.165) is 40.7 Å². The number of fused-ring (bicyclic) bond motifs is 4. The van der Waals surface area contributed by atoms with Crippen LogP contribution in [-0.4, -0.2) is 35.7 Å². The van der Waals surface area contributed by atoms with Gasteiger partial charge in [0.15, 0.2) is 17.3 Å². The summed E-state index contributed by atoms with van der Waals surface area (Å²) in [7, 11) is 3.28. The lowest BCUT2D eigenvalue weighted by molar-refractivity contribution is 0.356. The molecular weight excluding hydrogens is 328 g/mol. The van der Waals surface area contributed by atoms with E-state index in [2.05, 4.69) is 44.1 Å². The summed E-state index contributed by atoms with van der Waals surface area (Å²) in [4.78, 5) is 14.8. The molecule has 0 amide bonds. The van der Waals surface area contributed by atoms with Crippen LogP contribution in [0.15, 0.2) is 42.7 Å². The van der Waals surface area contributed by atoms with Crippen LogP contribution in [0.2, 0.25) is 0 Å².